The topological polar surface area (TPSA) is 47.6 Å². The van der Waals surface area contributed by atoms with Gasteiger partial charge in [0, 0.05) is 19.1 Å². The van der Waals surface area contributed by atoms with Gasteiger partial charge in [0.05, 0.1) is 19.1 Å². The highest BCUT2D eigenvalue weighted by Gasteiger charge is 2.24. The zero-order valence-electron chi connectivity index (χ0n) is 11.9. The molecular formula is C16H21NO3. The quantitative estimate of drug-likeness (QED) is 0.910. The number of fused-ring (bicyclic) bond motifs is 1. The first-order valence-corrected chi connectivity index (χ1v) is 7.35. The molecule has 0 aliphatic carbocycles. The van der Waals surface area contributed by atoms with Crippen molar-refractivity contribution in [3.05, 3.63) is 29.3 Å². The number of hydrogen-bond acceptors (Lipinski definition) is 3. The minimum absolute atomic E-state index is 0.0332. The number of amides is 1. The second-order valence-electron chi connectivity index (χ2n) is 5.71. The highest BCUT2D eigenvalue weighted by Crippen LogP contribution is 2.26. The number of carbonyl (C=O) groups is 1. The molecule has 0 unspecified atom stereocenters. The lowest BCUT2D eigenvalue weighted by molar-refractivity contribution is -0.125. The Bertz CT molecular complexity index is 494. The van der Waals surface area contributed by atoms with E-state index in [0.29, 0.717) is 13.2 Å². The average Bonchev–Trinajstić information content (AvgIpc) is 3.09. The molecule has 0 bridgehead atoms. The Kier molecular flexibility index (Phi) is 3.92. The van der Waals surface area contributed by atoms with Gasteiger partial charge in [-0.25, -0.2) is 0 Å². The second-order valence-corrected chi connectivity index (χ2v) is 5.71. The van der Waals surface area contributed by atoms with E-state index >= 15 is 0 Å². The van der Waals surface area contributed by atoms with E-state index in [1.54, 1.807) is 0 Å². The van der Waals surface area contributed by atoms with Crippen molar-refractivity contribution in [2.45, 2.75) is 32.2 Å². The Morgan fingerprint density at radius 3 is 3.15 bits per heavy atom. The average molecular weight is 275 g/mol. The summed E-state index contributed by atoms with van der Waals surface area (Å²) < 4.78 is 10.8. The minimum Gasteiger partial charge on any atom is -0.493 e. The van der Waals surface area contributed by atoms with Crippen molar-refractivity contribution in [2.24, 2.45) is 5.92 Å². The summed E-state index contributed by atoms with van der Waals surface area (Å²) in [6.07, 6.45) is 2.69. The van der Waals surface area contributed by atoms with Gasteiger partial charge in [-0.2, -0.15) is 0 Å². The fraction of sp³-hybridized carbons (Fsp3) is 0.562. The number of benzene rings is 1. The van der Waals surface area contributed by atoms with Crippen molar-refractivity contribution in [1.82, 2.24) is 5.32 Å². The zero-order chi connectivity index (χ0) is 13.9. The Morgan fingerprint density at radius 2 is 2.35 bits per heavy atom. The van der Waals surface area contributed by atoms with Crippen LogP contribution < -0.4 is 10.1 Å². The molecular weight excluding hydrogens is 254 g/mol. The monoisotopic (exact) mass is 275 g/mol. The van der Waals surface area contributed by atoms with E-state index in [1.807, 2.05) is 6.07 Å². The molecule has 1 aromatic carbocycles. The van der Waals surface area contributed by atoms with Crippen molar-refractivity contribution in [3.63, 3.8) is 0 Å². The van der Waals surface area contributed by atoms with E-state index in [2.05, 4.69) is 24.4 Å². The number of nitrogens with one attached hydrogen (secondary N) is 1. The molecule has 3 rings (SSSR count). The lowest BCUT2D eigenvalue weighted by Gasteiger charge is -2.16. The molecule has 1 fully saturated rings. The first-order valence-electron chi connectivity index (χ1n) is 7.35. The maximum atomic E-state index is 12.0. The van der Waals surface area contributed by atoms with Crippen molar-refractivity contribution in [3.8, 4) is 5.75 Å². The standard InChI is InChI=1S/C16H21NO3/c1-11(17-16(18)14-4-6-19-10-14)8-12-2-3-15-13(9-12)5-7-20-15/h2-3,9,11,14H,4-8,10H2,1H3,(H,17,18)/t11-,14-/m1/s1. The maximum absolute atomic E-state index is 12.0. The third-order valence-electron chi connectivity index (χ3n) is 3.98. The van der Waals surface area contributed by atoms with Crippen LogP contribution in [-0.2, 0) is 22.4 Å². The molecule has 2 aliphatic rings. The van der Waals surface area contributed by atoms with Crippen LogP contribution in [0, 0.1) is 5.92 Å². The van der Waals surface area contributed by atoms with Gasteiger partial charge in [0.1, 0.15) is 5.75 Å². The van der Waals surface area contributed by atoms with E-state index < -0.39 is 0 Å². The van der Waals surface area contributed by atoms with Gasteiger partial charge in [-0.15, -0.1) is 0 Å². The molecule has 1 amide bonds. The maximum Gasteiger partial charge on any atom is 0.225 e. The molecule has 0 radical (unpaired) electrons. The molecule has 0 saturated carbocycles. The van der Waals surface area contributed by atoms with Crippen LogP contribution in [0.15, 0.2) is 18.2 Å². The number of carbonyl (C=O) groups excluding carboxylic acids is 1. The highest BCUT2D eigenvalue weighted by atomic mass is 16.5. The summed E-state index contributed by atoms with van der Waals surface area (Å²) >= 11 is 0. The first kappa shape index (κ1) is 13.4. The largest absolute Gasteiger partial charge is 0.493 e. The second kappa shape index (κ2) is 5.83. The Balaban J connectivity index is 1.55. The smallest absolute Gasteiger partial charge is 0.225 e. The summed E-state index contributed by atoms with van der Waals surface area (Å²) in [5, 5.41) is 3.09. The SMILES string of the molecule is C[C@H](Cc1ccc2c(c1)CCO2)NC(=O)[C@@H]1CCOC1. The molecule has 0 aromatic heterocycles. The lowest BCUT2D eigenvalue weighted by Crippen LogP contribution is -2.38. The summed E-state index contributed by atoms with van der Waals surface area (Å²) in [5.41, 5.74) is 2.54. The van der Waals surface area contributed by atoms with Gasteiger partial charge in [-0.1, -0.05) is 12.1 Å². The third-order valence-corrected chi connectivity index (χ3v) is 3.98. The molecule has 0 spiro atoms. The molecule has 2 heterocycles. The fourth-order valence-corrected chi connectivity index (χ4v) is 2.87. The van der Waals surface area contributed by atoms with Crippen molar-refractivity contribution in [1.29, 1.82) is 0 Å². The predicted octanol–water partition coefficient (Wildman–Crippen LogP) is 1.71. The van der Waals surface area contributed by atoms with Crippen LogP contribution >= 0.6 is 0 Å². The third kappa shape index (κ3) is 2.96. The zero-order valence-corrected chi connectivity index (χ0v) is 11.9. The van der Waals surface area contributed by atoms with E-state index in [9.17, 15) is 4.79 Å². The van der Waals surface area contributed by atoms with Crippen LogP contribution in [-0.4, -0.2) is 31.8 Å². The molecule has 108 valence electrons. The van der Waals surface area contributed by atoms with Gasteiger partial charge in [0.15, 0.2) is 0 Å². The van der Waals surface area contributed by atoms with Crippen LogP contribution in [0.1, 0.15) is 24.5 Å². The van der Waals surface area contributed by atoms with Gasteiger partial charge in [0.25, 0.3) is 0 Å². The van der Waals surface area contributed by atoms with Crippen LogP contribution in [0.25, 0.3) is 0 Å². The molecule has 2 aliphatic heterocycles. The van der Waals surface area contributed by atoms with Crippen molar-refractivity contribution < 1.29 is 14.3 Å². The van der Waals surface area contributed by atoms with Gasteiger partial charge in [-0.05, 0) is 37.0 Å². The first-order chi connectivity index (χ1) is 9.72. The molecule has 2 atom stereocenters. The van der Waals surface area contributed by atoms with Gasteiger partial charge < -0.3 is 14.8 Å². The Labute approximate surface area is 119 Å². The summed E-state index contributed by atoms with van der Waals surface area (Å²) in [6, 6.07) is 6.47. The molecule has 4 heteroatoms. The van der Waals surface area contributed by atoms with Gasteiger partial charge in [-0.3, -0.25) is 4.79 Å². The van der Waals surface area contributed by atoms with E-state index in [1.165, 1.54) is 11.1 Å². The highest BCUT2D eigenvalue weighted by molar-refractivity contribution is 5.79. The van der Waals surface area contributed by atoms with Crippen LogP contribution in [0.2, 0.25) is 0 Å². The molecule has 1 N–H and O–H groups in total. The Hall–Kier alpha value is -1.55. The lowest BCUT2D eigenvalue weighted by atomic mass is 10.0. The number of ether oxygens (including phenoxy) is 2. The van der Waals surface area contributed by atoms with Gasteiger partial charge >= 0.3 is 0 Å². The molecule has 1 aromatic rings. The van der Waals surface area contributed by atoms with Gasteiger partial charge in [0.2, 0.25) is 5.91 Å². The summed E-state index contributed by atoms with van der Waals surface area (Å²) in [6.45, 7) is 4.11. The van der Waals surface area contributed by atoms with E-state index in [4.69, 9.17) is 9.47 Å². The summed E-state index contributed by atoms with van der Waals surface area (Å²) in [4.78, 5) is 12.0. The minimum atomic E-state index is 0.0332. The van der Waals surface area contributed by atoms with Crippen LogP contribution in [0.3, 0.4) is 0 Å². The van der Waals surface area contributed by atoms with Crippen molar-refractivity contribution in [2.75, 3.05) is 19.8 Å². The number of hydrogen-bond donors (Lipinski definition) is 1. The van der Waals surface area contributed by atoms with Crippen LogP contribution in [0.4, 0.5) is 0 Å². The van der Waals surface area contributed by atoms with Crippen LogP contribution in [0.5, 0.6) is 5.75 Å². The molecule has 4 nitrogen and oxygen atoms in total. The predicted molar refractivity (Wildman–Crippen MR) is 75.9 cm³/mol. The molecule has 20 heavy (non-hydrogen) atoms. The number of rotatable bonds is 4. The Morgan fingerprint density at radius 1 is 1.45 bits per heavy atom. The van der Waals surface area contributed by atoms with E-state index in [0.717, 1.165) is 31.6 Å². The van der Waals surface area contributed by atoms with E-state index in [-0.39, 0.29) is 17.9 Å². The normalized spacial score (nSPS) is 22.1. The fourth-order valence-electron chi connectivity index (χ4n) is 2.87. The molecule has 1 saturated heterocycles. The summed E-state index contributed by atoms with van der Waals surface area (Å²) in [7, 11) is 0. The van der Waals surface area contributed by atoms with Crippen molar-refractivity contribution >= 4 is 5.91 Å². The summed E-state index contributed by atoms with van der Waals surface area (Å²) in [5.74, 6) is 1.17.